The molecule has 1 heterocycles. The van der Waals surface area contributed by atoms with E-state index in [0.717, 1.165) is 30.2 Å². The van der Waals surface area contributed by atoms with E-state index in [1.165, 1.54) is 6.07 Å². The number of halogens is 2. The molecule has 20 heavy (non-hydrogen) atoms. The van der Waals surface area contributed by atoms with E-state index in [4.69, 9.17) is 0 Å². The van der Waals surface area contributed by atoms with Gasteiger partial charge in [0, 0.05) is 18.5 Å². The summed E-state index contributed by atoms with van der Waals surface area (Å²) in [5.41, 5.74) is 0.263. The molecule has 1 saturated carbocycles. The van der Waals surface area contributed by atoms with Crippen LogP contribution in [0.3, 0.4) is 0 Å². The third-order valence-corrected chi connectivity index (χ3v) is 4.16. The van der Waals surface area contributed by atoms with Gasteiger partial charge in [-0.05, 0) is 18.9 Å². The standard InChI is InChI=1S/C14H12F2N2OS/c1-2-5-18-12-10(16)6-9(15)7-11(12)20-14(18)17-13(19)8-3-4-8/h2,6-8H,1,3-5H2. The molecule has 0 unspecified atom stereocenters. The molecule has 1 aliphatic carbocycles. The SMILES string of the molecule is C=CCn1c(=NC(=O)C2CC2)sc2cc(F)cc(F)c21. The van der Waals surface area contributed by atoms with Gasteiger partial charge in [0.2, 0.25) is 0 Å². The molecular weight excluding hydrogens is 282 g/mol. The summed E-state index contributed by atoms with van der Waals surface area (Å²) >= 11 is 1.11. The molecule has 1 aliphatic rings. The van der Waals surface area contributed by atoms with Crippen molar-refractivity contribution in [3.8, 4) is 0 Å². The maximum Gasteiger partial charge on any atom is 0.251 e. The van der Waals surface area contributed by atoms with Crippen molar-refractivity contribution in [3.63, 3.8) is 0 Å². The van der Waals surface area contributed by atoms with Gasteiger partial charge in [0.1, 0.15) is 5.82 Å². The number of carbonyl (C=O) groups excluding carboxylic acids is 1. The summed E-state index contributed by atoms with van der Waals surface area (Å²) < 4.78 is 29.2. The van der Waals surface area contributed by atoms with E-state index in [0.29, 0.717) is 16.0 Å². The number of hydrogen-bond donors (Lipinski definition) is 0. The summed E-state index contributed by atoms with van der Waals surface area (Å²) in [5.74, 6) is -1.48. The molecule has 1 fully saturated rings. The predicted molar refractivity (Wildman–Crippen MR) is 73.2 cm³/mol. The summed E-state index contributed by atoms with van der Waals surface area (Å²) in [7, 11) is 0. The minimum atomic E-state index is -0.654. The number of allylic oxidation sites excluding steroid dienone is 1. The smallest absolute Gasteiger partial charge is 0.251 e. The third-order valence-electron chi connectivity index (χ3n) is 3.14. The zero-order chi connectivity index (χ0) is 14.3. The number of aromatic nitrogens is 1. The quantitative estimate of drug-likeness (QED) is 0.801. The van der Waals surface area contributed by atoms with Gasteiger partial charge in [0.15, 0.2) is 10.6 Å². The highest BCUT2D eigenvalue weighted by molar-refractivity contribution is 7.16. The Kier molecular flexibility index (Phi) is 3.25. The molecule has 2 aromatic rings. The lowest BCUT2D eigenvalue weighted by Crippen LogP contribution is -2.17. The van der Waals surface area contributed by atoms with Crippen LogP contribution in [0.2, 0.25) is 0 Å². The number of fused-ring (bicyclic) bond motifs is 1. The Balaban J connectivity index is 2.25. The highest BCUT2D eigenvalue weighted by atomic mass is 32.1. The highest BCUT2D eigenvalue weighted by Crippen LogP contribution is 2.30. The fourth-order valence-corrected chi connectivity index (χ4v) is 3.11. The van der Waals surface area contributed by atoms with Crippen molar-refractivity contribution in [2.75, 3.05) is 0 Å². The van der Waals surface area contributed by atoms with Crippen LogP contribution in [0.5, 0.6) is 0 Å². The molecule has 6 heteroatoms. The first-order valence-electron chi connectivity index (χ1n) is 6.28. The second kappa shape index (κ2) is 4.94. The van der Waals surface area contributed by atoms with Crippen LogP contribution in [0.1, 0.15) is 12.8 Å². The maximum atomic E-state index is 13.9. The summed E-state index contributed by atoms with van der Waals surface area (Å²) in [6, 6.07) is 2.09. The van der Waals surface area contributed by atoms with Crippen molar-refractivity contribution in [2.24, 2.45) is 10.9 Å². The molecule has 0 bridgehead atoms. The fraction of sp³-hybridized carbons (Fsp3) is 0.286. The zero-order valence-electron chi connectivity index (χ0n) is 10.6. The molecule has 104 valence electrons. The molecular formula is C14H12F2N2OS. The van der Waals surface area contributed by atoms with Crippen LogP contribution in [-0.4, -0.2) is 10.5 Å². The van der Waals surface area contributed by atoms with E-state index in [-0.39, 0.29) is 17.3 Å². The summed E-state index contributed by atoms with van der Waals surface area (Å²) in [6.07, 6.45) is 3.31. The van der Waals surface area contributed by atoms with Gasteiger partial charge in [0.05, 0.1) is 10.2 Å². The van der Waals surface area contributed by atoms with E-state index in [1.807, 2.05) is 0 Å². The summed E-state index contributed by atoms with van der Waals surface area (Å²) in [6.45, 7) is 3.94. The van der Waals surface area contributed by atoms with E-state index in [2.05, 4.69) is 11.6 Å². The fourth-order valence-electron chi connectivity index (χ4n) is 2.03. The van der Waals surface area contributed by atoms with Gasteiger partial charge in [-0.2, -0.15) is 4.99 Å². The number of thiazole rings is 1. The Morgan fingerprint density at radius 3 is 2.90 bits per heavy atom. The van der Waals surface area contributed by atoms with Crippen LogP contribution in [0, 0.1) is 17.6 Å². The normalized spacial score (nSPS) is 15.8. The van der Waals surface area contributed by atoms with Crippen LogP contribution < -0.4 is 4.80 Å². The molecule has 0 spiro atoms. The predicted octanol–water partition coefficient (Wildman–Crippen LogP) is 3.00. The topological polar surface area (TPSA) is 34.4 Å². The van der Waals surface area contributed by atoms with Crippen molar-refractivity contribution in [3.05, 3.63) is 41.2 Å². The van der Waals surface area contributed by atoms with Crippen LogP contribution in [0.25, 0.3) is 10.2 Å². The Hall–Kier alpha value is -1.82. The number of hydrogen-bond acceptors (Lipinski definition) is 2. The molecule has 1 amide bonds. The largest absolute Gasteiger partial charge is 0.310 e. The van der Waals surface area contributed by atoms with Gasteiger partial charge in [-0.1, -0.05) is 17.4 Å². The molecule has 0 radical (unpaired) electrons. The highest BCUT2D eigenvalue weighted by Gasteiger charge is 2.29. The summed E-state index contributed by atoms with van der Waals surface area (Å²) in [4.78, 5) is 16.2. The molecule has 1 aromatic heterocycles. The van der Waals surface area contributed by atoms with Gasteiger partial charge >= 0.3 is 0 Å². The van der Waals surface area contributed by atoms with Crippen LogP contribution in [0.15, 0.2) is 29.8 Å². The van der Waals surface area contributed by atoms with Crippen molar-refractivity contribution in [1.82, 2.24) is 4.57 Å². The van der Waals surface area contributed by atoms with Crippen molar-refractivity contribution in [2.45, 2.75) is 19.4 Å². The minimum Gasteiger partial charge on any atom is -0.310 e. The molecule has 3 nitrogen and oxygen atoms in total. The average molecular weight is 294 g/mol. The molecule has 0 saturated heterocycles. The summed E-state index contributed by atoms with van der Waals surface area (Å²) in [5, 5.41) is 0. The monoisotopic (exact) mass is 294 g/mol. The number of carbonyl (C=O) groups is 1. The van der Waals surface area contributed by atoms with Gasteiger partial charge in [-0.3, -0.25) is 4.79 Å². The number of nitrogens with zero attached hydrogens (tertiary/aromatic N) is 2. The molecule has 0 N–H and O–H groups in total. The lowest BCUT2D eigenvalue weighted by molar-refractivity contribution is -0.119. The second-order valence-electron chi connectivity index (χ2n) is 4.74. The van der Waals surface area contributed by atoms with E-state index in [1.54, 1.807) is 10.6 Å². The lowest BCUT2D eigenvalue weighted by Gasteiger charge is -2.02. The van der Waals surface area contributed by atoms with Crippen LogP contribution in [0.4, 0.5) is 8.78 Å². The van der Waals surface area contributed by atoms with Crippen molar-refractivity contribution >= 4 is 27.5 Å². The maximum absolute atomic E-state index is 13.9. The molecule has 0 aliphatic heterocycles. The second-order valence-corrected chi connectivity index (χ2v) is 5.75. The lowest BCUT2D eigenvalue weighted by atomic mass is 10.3. The van der Waals surface area contributed by atoms with Crippen molar-refractivity contribution in [1.29, 1.82) is 0 Å². The molecule has 0 atom stereocenters. The molecule has 3 rings (SSSR count). The van der Waals surface area contributed by atoms with E-state index in [9.17, 15) is 13.6 Å². The van der Waals surface area contributed by atoms with Crippen molar-refractivity contribution < 1.29 is 13.6 Å². The first-order valence-corrected chi connectivity index (χ1v) is 7.09. The molecule has 1 aromatic carbocycles. The van der Waals surface area contributed by atoms with Crippen LogP contribution >= 0.6 is 11.3 Å². The Morgan fingerprint density at radius 2 is 2.25 bits per heavy atom. The number of benzene rings is 1. The van der Waals surface area contributed by atoms with Gasteiger partial charge in [-0.25, -0.2) is 8.78 Å². The van der Waals surface area contributed by atoms with E-state index < -0.39 is 11.6 Å². The third kappa shape index (κ3) is 2.31. The zero-order valence-corrected chi connectivity index (χ0v) is 11.4. The Bertz CT molecular complexity index is 771. The van der Waals surface area contributed by atoms with Crippen LogP contribution in [-0.2, 0) is 11.3 Å². The minimum absolute atomic E-state index is 0.000948. The van der Waals surface area contributed by atoms with Gasteiger partial charge < -0.3 is 4.57 Å². The first kappa shape index (κ1) is 13.2. The van der Waals surface area contributed by atoms with E-state index >= 15 is 0 Å². The average Bonchev–Trinajstić information content (AvgIpc) is 3.16. The number of rotatable bonds is 3. The first-order chi connectivity index (χ1) is 9.60. The Morgan fingerprint density at radius 1 is 1.50 bits per heavy atom. The van der Waals surface area contributed by atoms with Gasteiger partial charge in [-0.15, -0.1) is 6.58 Å². The number of amides is 1. The van der Waals surface area contributed by atoms with Gasteiger partial charge in [0.25, 0.3) is 5.91 Å². The Labute approximate surface area is 117 Å².